The number of methoxy groups -OCH3 is 1. The highest BCUT2D eigenvalue weighted by Crippen LogP contribution is 1.93. The van der Waals surface area contributed by atoms with Crippen molar-refractivity contribution in [3.05, 3.63) is 0 Å². The standard InChI is InChI=1S/C8H17NO2/c1-5-6(2)9-7(3)8(10)11-4/h6-7,9H,5H2,1-4H3. The lowest BCUT2D eigenvalue weighted by Gasteiger charge is -2.16. The molecule has 0 bridgehead atoms. The largest absolute Gasteiger partial charge is 0.468 e. The van der Waals surface area contributed by atoms with Crippen LogP contribution in [0.5, 0.6) is 0 Å². The summed E-state index contributed by atoms with van der Waals surface area (Å²) < 4.78 is 4.56. The van der Waals surface area contributed by atoms with E-state index in [4.69, 9.17) is 0 Å². The van der Waals surface area contributed by atoms with Gasteiger partial charge < -0.3 is 10.1 Å². The zero-order chi connectivity index (χ0) is 8.85. The van der Waals surface area contributed by atoms with Gasteiger partial charge in [-0.1, -0.05) is 6.92 Å². The molecular formula is C8H17NO2. The summed E-state index contributed by atoms with van der Waals surface area (Å²) in [7, 11) is 1.40. The highest BCUT2D eigenvalue weighted by atomic mass is 16.5. The number of ether oxygens (including phenoxy) is 1. The van der Waals surface area contributed by atoms with Crippen LogP contribution in [0.3, 0.4) is 0 Å². The fourth-order valence-corrected chi connectivity index (χ4v) is 0.789. The summed E-state index contributed by atoms with van der Waals surface area (Å²) in [5.74, 6) is -0.203. The number of hydrogen-bond acceptors (Lipinski definition) is 3. The van der Waals surface area contributed by atoms with Crippen molar-refractivity contribution in [1.82, 2.24) is 5.32 Å². The molecule has 11 heavy (non-hydrogen) atoms. The quantitative estimate of drug-likeness (QED) is 0.620. The van der Waals surface area contributed by atoms with Crippen LogP contribution >= 0.6 is 0 Å². The molecule has 0 radical (unpaired) electrons. The third kappa shape index (κ3) is 3.98. The van der Waals surface area contributed by atoms with Crippen molar-refractivity contribution >= 4 is 5.97 Å². The second kappa shape index (κ2) is 5.13. The molecule has 0 amide bonds. The summed E-state index contributed by atoms with van der Waals surface area (Å²) in [6.07, 6.45) is 1.02. The van der Waals surface area contributed by atoms with Crippen LogP contribution in [0.1, 0.15) is 27.2 Å². The predicted molar refractivity (Wildman–Crippen MR) is 44.4 cm³/mol. The molecule has 2 atom stereocenters. The van der Waals surface area contributed by atoms with E-state index in [1.807, 2.05) is 6.92 Å². The molecule has 0 fully saturated rings. The van der Waals surface area contributed by atoms with Crippen LogP contribution in [0.4, 0.5) is 0 Å². The first kappa shape index (κ1) is 10.4. The van der Waals surface area contributed by atoms with Crippen LogP contribution in [-0.2, 0) is 9.53 Å². The molecule has 0 saturated heterocycles. The van der Waals surface area contributed by atoms with E-state index in [1.165, 1.54) is 7.11 Å². The lowest BCUT2D eigenvalue weighted by atomic mass is 10.2. The van der Waals surface area contributed by atoms with Crippen molar-refractivity contribution in [3.63, 3.8) is 0 Å². The van der Waals surface area contributed by atoms with Gasteiger partial charge in [0.2, 0.25) is 0 Å². The Kier molecular flexibility index (Phi) is 4.86. The van der Waals surface area contributed by atoms with Gasteiger partial charge in [-0.3, -0.25) is 4.79 Å². The monoisotopic (exact) mass is 159 g/mol. The molecule has 66 valence electrons. The summed E-state index contributed by atoms with van der Waals surface area (Å²) in [5.41, 5.74) is 0. The summed E-state index contributed by atoms with van der Waals surface area (Å²) in [6.45, 7) is 5.92. The van der Waals surface area contributed by atoms with Gasteiger partial charge in [0.15, 0.2) is 0 Å². The summed E-state index contributed by atoms with van der Waals surface area (Å²) in [6, 6.07) is 0.166. The molecule has 0 heterocycles. The molecule has 0 aliphatic rings. The molecule has 2 unspecified atom stereocenters. The van der Waals surface area contributed by atoms with Crippen LogP contribution in [0, 0.1) is 0 Å². The third-order valence-electron chi connectivity index (χ3n) is 1.70. The van der Waals surface area contributed by atoms with Gasteiger partial charge in [0, 0.05) is 6.04 Å². The Labute approximate surface area is 68.1 Å². The smallest absolute Gasteiger partial charge is 0.322 e. The SMILES string of the molecule is CCC(C)NC(C)C(=O)OC. The van der Waals surface area contributed by atoms with Gasteiger partial charge in [-0.2, -0.15) is 0 Å². The second-order valence-corrected chi connectivity index (χ2v) is 2.72. The van der Waals surface area contributed by atoms with Crippen LogP contribution in [0.15, 0.2) is 0 Å². The van der Waals surface area contributed by atoms with E-state index in [2.05, 4.69) is 17.0 Å². The van der Waals surface area contributed by atoms with Crippen molar-refractivity contribution in [1.29, 1.82) is 0 Å². The maximum Gasteiger partial charge on any atom is 0.322 e. The molecule has 0 spiro atoms. The van der Waals surface area contributed by atoms with Crippen molar-refractivity contribution in [2.24, 2.45) is 0 Å². The van der Waals surface area contributed by atoms with Crippen molar-refractivity contribution in [2.75, 3.05) is 7.11 Å². The number of hydrogen-bond donors (Lipinski definition) is 1. The topological polar surface area (TPSA) is 38.3 Å². The van der Waals surface area contributed by atoms with Crippen molar-refractivity contribution in [2.45, 2.75) is 39.3 Å². The Morgan fingerprint density at radius 3 is 2.45 bits per heavy atom. The fourth-order valence-electron chi connectivity index (χ4n) is 0.789. The fraction of sp³-hybridized carbons (Fsp3) is 0.875. The van der Waals surface area contributed by atoms with E-state index in [-0.39, 0.29) is 12.0 Å². The molecule has 0 aromatic heterocycles. The number of rotatable bonds is 4. The average molecular weight is 159 g/mol. The van der Waals surface area contributed by atoms with Crippen LogP contribution < -0.4 is 5.32 Å². The Morgan fingerprint density at radius 2 is 2.09 bits per heavy atom. The predicted octanol–water partition coefficient (Wildman–Crippen LogP) is 0.936. The van der Waals surface area contributed by atoms with Gasteiger partial charge >= 0.3 is 5.97 Å². The minimum atomic E-state index is -0.203. The van der Waals surface area contributed by atoms with Gasteiger partial charge in [0.05, 0.1) is 7.11 Å². The molecule has 0 aliphatic carbocycles. The first-order valence-electron chi connectivity index (χ1n) is 3.95. The second-order valence-electron chi connectivity index (χ2n) is 2.72. The van der Waals surface area contributed by atoms with Gasteiger partial charge in [-0.05, 0) is 20.3 Å². The zero-order valence-electron chi connectivity index (χ0n) is 7.68. The lowest BCUT2D eigenvalue weighted by molar-refractivity contribution is -0.142. The molecule has 0 aromatic rings. The van der Waals surface area contributed by atoms with E-state index in [1.54, 1.807) is 6.92 Å². The molecule has 0 aliphatic heterocycles. The van der Waals surface area contributed by atoms with Gasteiger partial charge in [-0.15, -0.1) is 0 Å². The number of nitrogens with one attached hydrogen (secondary N) is 1. The normalized spacial score (nSPS) is 15.6. The van der Waals surface area contributed by atoms with E-state index in [0.29, 0.717) is 6.04 Å². The molecule has 0 aromatic carbocycles. The number of esters is 1. The van der Waals surface area contributed by atoms with Crippen LogP contribution in [0.25, 0.3) is 0 Å². The molecule has 0 rings (SSSR count). The first-order chi connectivity index (χ1) is 5.11. The highest BCUT2D eigenvalue weighted by Gasteiger charge is 2.13. The van der Waals surface area contributed by atoms with Crippen LogP contribution in [-0.4, -0.2) is 25.2 Å². The van der Waals surface area contributed by atoms with E-state index >= 15 is 0 Å². The molecular weight excluding hydrogens is 142 g/mol. The molecule has 1 N–H and O–H groups in total. The van der Waals surface area contributed by atoms with E-state index < -0.39 is 0 Å². The maximum atomic E-state index is 10.9. The number of carbonyl (C=O) groups excluding carboxylic acids is 1. The third-order valence-corrected chi connectivity index (χ3v) is 1.70. The van der Waals surface area contributed by atoms with Crippen molar-refractivity contribution < 1.29 is 9.53 Å². The maximum absolute atomic E-state index is 10.9. The number of carbonyl (C=O) groups is 1. The molecule has 0 saturated carbocycles. The minimum absolute atomic E-state index is 0.199. The minimum Gasteiger partial charge on any atom is -0.468 e. The highest BCUT2D eigenvalue weighted by molar-refractivity contribution is 5.75. The molecule has 3 heteroatoms. The first-order valence-corrected chi connectivity index (χ1v) is 3.95. The van der Waals surface area contributed by atoms with Gasteiger partial charge in [0.1, 0.15) is 6.04 Å². The summed E-state index contributed by atoms with van der Waals surface area (Å²) >= 11 is 0. The van der Waals surface area contributed by atoms with Crippen LogP contribution in [0.2, 0.25) is 0 Å². The Balaban J connectivity index is 3.67. The van der Waals surface area contributed by atoms with E-state index in [9.17, 15) is 4.79 Å². The summed E-state index contributed by atoms with van der Waals surface area (Å²) in [4.78, 5) is 10.9. The Bertz CT molecular complexity index is 125. The zero-order valence-corrected chi connectivity index (χ0v) is 7.68. The van der Waals surface area contributed by atoms with E-state index in [0.717, 1.165) is 6.42 Å². The Morgan fingerprint density at radius 1 is 1.55 bits per heavy atom. The van der Waals surface area contributed by atoms with Gasteiger partial charge in [-0.25, -0.2) is 0 Å². The summed E-state index contributed by atoms with van der Waals surface area (Å²) in [5, 5.41) is 3.11. The lowest BCUT2D eigenvalue weighted by Crippen LogP contribution is -2.40. The van der Waals surface area contributed by atoms with Crippen molar-refractivity contribution in [3.8, 4) is 0 Å². The Hall–Kier alpha value is -0.570. The molecule has 3 nitrogen and oxygen atoms in total. The average Bonchev–Trinajstić information content (AvgIpc) is 2.02. The van der Waals surface area contributed by atoms with Gasteiger partial charge in [0.25, 0.3) is 0 Å².